The summed E-state index contributed by atoms with van der Waals surface area (Å²) >= 11 is 0. The standard InChI is InChI=1S/C25H44O/c1-4-7-9-11-12-14-16-19-24-23(18-15-13-10-8-5-2)22(17-6-3)20-21-25(24)26/h20-21,26H,4-19H2,1-3H3. The number of aryl methyl sites for hydroxylation is 1. The molecule has 0 aliphatic rings. The number of benzene rings is 1. The van der Waals surface area contributed by atoms with E-state index in [4.69, 9.17) is 0 Å². The third-order valence-corrected chi connectivity index (χ3v) is 5.58. The smallest absolute Gasteiger partial charge is 0.119 e. The molecule has 1 aromatic carbocycles. The molecule has 0 heterocycles. The van der Waals surface area contributed by atoms with Crippen LogP contribution >= 0.6 is 0 Å². The second-order valence-corrected chi connectivity index (χ2v) is 7.99. The van der Waals surface area contributed by atoms with Gasteiger partial charge in [0.05, 0.1) is 0 Å². The molecule has 0 fully saturated rings. The van der Waals surface area contributed by atoms with Gasteiger partial charge in [-0.1, -0.05) is 97.5 Å². The molecule has 26 heavy (non-hydrogen) atoms. The van der Waals surface area contributed by atoms with Crippen molar-refractivity contribution >= 4 is 0 Å². The first-order chi connectivity index (χ1) is 12.7. The minimum Gasteiger partial charge on any atom is -0.508 e. The highest BCUT2D eigenvalue weighted by Crippen LogP contribution is 2.29. The van der Waals surface area contributed by atoms with Crippen molar-refractivity contribution in [3.8, 4) is 5.75 Å². The summed E-state index contributed by atoms with van der Waals surface area (Å²) in [6, 6.07) is 4.12. The van der Waals surface area contributed by atoms with E-state index >= 15 is 0 Å². The van der Waals surface area contributed by atoms with Crippen molar-refractivity contribution in [2.24, 2.45) is 0 Å². The summed E-state index contributed by atoms with van der Waals surface area (Å²) in [4.78, 5) is 0. The molecule has 1 aromatic rings. The van der Waals surface area contributed by atoms with E-state index in [1.165, 1.54) is 100 Å². The maximum Gasteiger partial charge on any atom is 0.119 e. The molecule has 0 bridgehead atoms. The van der Waals surface area contributed by atoms with Crippen LogP contribution in [-0.4, -0.2) is 5.11 Å². The van der Waals surface area contributed by atoms with E-state index in [0.29, 0.717) is 5.75 Å². The van der Waals surface area contributed by atoms with Gasteiger partial charge in [-0.15, -0.1) is 0 Å². The van der Waals surface area contributed by atoms with Crippen LogP contribution in [0.1, 0.15) is 121 Å². The van der Waals surface area contributed by atoms with Crippen LogP contribution in [0.2, 0.25) is 0 Å². The summed E-state index contributed by atoms with van der Waals surface area (Å²) < 4.78 is 0. The lowest BCUT2D eigenvalue weighted by Gasteiger charge is -2.17. The molecule has 0 spiro atoms. The van der Waals surface area contributed by atoms with Crippen molar-refractivity contribution in [2.45, 2.75) is 124 Å². The van der Waals surface area contributed by atoms with Gasteiger partial charge in [-0.05, 0) is 54.9 Å². The van der Waals surface area contributed by atoms with Gasteiger partial charge in [-0.25, -0.2) is 0 Å². The number of unbranched alkanes of at least 4 members (excludes halogenated alkanes) is 10. The number of rotatable bonds is 16. The lowest BCUT2D eigenvalue weighted by Crippen LogP contribution is -2.02. The van der Waals surface area contributed by atoms with E-state index in [0.717, 1.165) is 19.3 Å². The molecule has 0 unspecified atom stereocenters. The average molecular weight is 361 g/mol. The molecule has 150 valence electrons. The number of phenolic OH excluding ortho intramolecular Hbond substituents is 1. The normalized spacial score (nSPS) is 11.2. The molecule has 1 N–H and O–H groups in total. The van der Waals surface area contributed by atoms with Gasteiger partial charge < -0.3 is 5.11 Å². The molecule has 0 radical (unpaired) electrons. The first-order valence-electron chi connectivity index (χ1n) is 11.6. The Morgan fingerprint density at radius 1 is 0.538 bits per heavy atom. The van der Waals surface area contributed by atoms with Crippen molar-refractivity contribution in [1.29, 1.82) is 0 Å². The second kappa shape index (κ2) is 15.1. The van der Waals surface area contributed by atoms with E-state index in [1.807, 2.05) is 6.07 Å². The maximum atomic E-state index is 10.5. The Kier molecular flexibility index (Phi) is 13.4. The highest BCUT2D eigenvalue weighted by molar-refractivity contribution is 5.45. The number of hydrogen-bond donors (Lipinski definition) is 1. The first kappa shape index (κ1) is 23.1. The Morgan fingerprint density at radius 2 is 1.04 bits per heavy atom. The van der Waals surface area contributed by atoms with Crippen LogP contribution in [0.15, 0.2) is 12.1 Å². The summed E-state index contributed by atoms with van der Waals surface area (Å²) in [5, 5.41) is 10.5. The zero-order valence-corrected chi connectivity index (χ0v) is 17.9. The monoisotopic (exact) mass is 360 g/mol. The molecule has 1 rings (SSSR count). The zero-order chi connectivity index (χ0) is 19.0. The van der Waals surface area contributed by atoms with Gasteiger partial charge in [0.1, 0.15) is 5.75 Å². The fourth-order valence-electron chi connectivity index (χ4n) is 3.99. The number of hydrogen-bond acceptors (Lipinski definition) is 1. The van der Waals surface area contributed by atoms with Crippen LogP contribution in [-0.2, 0) is 19.3 Å². The van der Waals surface area contributed by atoms with Crippen LogP contribution in [0.3, 0.4) is 0 Å². The van der Waals surface area contributed by atoms with E-state index in [1.54, 1.807) is 0 Å². The van der Waals surface area contributed by atoms with E-state index < -0.39 is 0 Å². The molecule has 1 heteroatoms. The second-order valence-electron chi connectivity index (χ2n) is 7.99. The Balaban J connectivity index is 2.60. The molecule has 0 aromatic heterocycles. The van der Waals surface area contributed by atoms with Crippen LogP contribution in [0.25, 0.3) is 0 Å². The minimum absolute atomic E-state index is 0.541. The van der Waals surface area contributed by atoms with Crippen LogP contribution in [0, 0.1) is 0 Å². The molecule has 0 saturated heterocycles. The fourth-order valence-corrected chi connectivity index (χ4v) is 3.99. The topological polar surface area (TPSA) is 20.2 Å². The Hall–Kier alpha value is -0.980. The molecule has 1 nitrogen and oxygen atoms in total. The lowest BCUT2D eigenvalue weighted by atomic mass is 9.90. The Labute approximate surface area is 163 Å². The minimum atomic E-state index is 0.541. The van der Waals surface area contributed by atoms with E-state index in [9.17, 15) is 5.11 Å². The third kappa shape index (κ3) is 9.10. The fraction of sp³-hybridized carbons (Fsp3) is 0.760. The Morgan fingerprint density at radius 3 is 1.58 bits per heavy atom. The highest BCUT2D eigenvalue weighted by Gasteiger charge is 2.12. The summed E-state index contributed by atoms with van der Waals surface area (Å²) in [6.07, 6.45) is 20.5. The van der Waals surface area contributed by atoms with Crippen LogP contribution < -0.4 is 0 Å². The van der Waals surface area contributed by atoms with Gasteiger partial charge >= 0.3 is 0 Å². The summed E-state index contributed by atoms with van der Waals surface area (Å²) in [6.45, 7) is 6.80. The largest absolute Gasteiger partial charge is 0.508 e. The number of phenols is 1. The van der Waals surface area contributed by atoms with Crippen LogP contribution in [0.5, 0.6) is 5.75 Å². The molecule has 0 saturated carbocycles. The van der Waals surface area contributed by atoms with Crippen molar-refractivity contribution in [1.82, 2.24) is 0 Å². The molecular weight excluding hydrogens is 316 g/mol. The predicted molar refractivity (Wildman–Crippen MR) is 116 cm³/mol. The van der Waals surface area contributed by atoms with Gasteiger partial charge in [-0.3, -0.25) is 0 Å². The zero-order valence-electron chi connectivity index (χ0n) is 17.9. The predicted octanol–water partition coefficient (Wildman–Crippen LogP) is 8.15. The third-order valence-electron chi connectivity index (χ3n) is 5.58. The Bertz CT molecular complexity index is 463. The molecule has 0 aliphatic heterocycles. The van der Waals surface area contributed by atoms with E-state index in [2.05, 4.69) is 26.8 Å². The van der Waals surface area contributed by atoms with Gasteiger partial charge in [0.15, 0.2) is 0 Å². The quantitative estimate of drug-likeness (QED) is 0.295. The molecule has 0 aliphatic carbocycles. The van der Waals surface area contributed by atoms with Gasteiger partial charge in [0, 0.05) is 0 Å². The molecule has 0 amide bonds. The van der Waals surface area contributed by atoms with Crippen molar-refractivity contribution < 1.29 is 5.11 Å². The maximum absolute atomic E-state index is 10.5. The van der Waals surface area contributed by atoms with E-state index in [-0.39, 0.29) is 0 Å². The highest BCUT2D eigenvalue weighted by atomic mass is 16.3. The summed E-state index contributed by atoms with van der Waals surface area (Å²) in [5.41, 5.74) is 4.23. The summed E-state index contributed by atoms with van der Waals surface area (Å²) in [5.74, 6) is 0.541. The molecular formula is C25H44O. The molecule has 0 atom stereocenters. The first-order valence-corrected chi connectivity index (χ1v) is 11.6. The van der Waals surface area contributed by atoms with Crippen LogP contribution in [0.4, 0.5) is 0 Å². The van der Waals surface area contributed by atoms with Crippen molar-refractivity contribution in [3.05, 3.63) is 28.8 Å². The SMILES string of the molecule is CCCCCCCCCc1c(O)ccc(CCC)c1CCCCCCC. The van der Waals surface area contributed by atoms with Crippen molar-refractivity contribution in [3.63, 3.8) is 0 Å². The van der Waals surface area contributed by atoms with Crippen molar-refractivity contribution in [2.75, 3.05) is 0 Å². The van der Waals surface area contributed by atoms with Gasteiger partial charge in [-0.2, -0.15) is 0 Å². The van der Waals surface area contributed by atoms with Gasteiger partial charge in [0.25, 0.3) is 0 Å². The number of aromatic hydroxyl groups is 1. The average Bonchev–Trinajstić information content (AvgIpc) is 2.64. The van der Waals surface area contributed by atoms with Gasteiger partial charge in [0.2, 0.25) is 0 Å². The lowest BCUT2D eigenvalue weighted by molar-refractivity contribution is 0.463. The summed E-state index contributed by atoms with van der Waals surface area (Å²) in [7, 11) is 0.